The molecule has 188 valence electrons. The summed E-state index contributed by atoms with van der Waals surface area (Å²) in [6, 6.07) is 5.74. The van der Waals surface area contributed by atoms with Gasteiger partial charge in [-0.05, 0) is 51.4 Å². The maximum absolute atomic E-state index is 11.1. The van der Waals surface area contributed by atoms with Crippen molar-refractivity contribution in [3.05, 3.63) is 52.4 Å². The molecule has 1 aliphatic carbocycles. The van der Waals surface area contributed by atoms with Crippen LogP contribution in [0.5, 0.6) is 5.88 Å². The third-order valence-corrected chi connectivity index (χ3v) is 5.98. The van der Waals surface area contributed by atoms with E-state index in [0.29, 0.717) is 39.8 Å². The van der Waals surface area contributed by atoms with Crippen molar-refractivity contribution < 1.29 is 9.53 Å². The number of nitrogens with zero attached hydrogens (tertiary/aromatic N) is 4. The first-order valence-electron chi connectivity index (χ1n) is 11.5. The predicted octanol–water partition coefficient (Wildman–Crippen LogP) is 5.37. The molecular formula is C24H31Cl2N7O2. The number of ether oxygens (including phenoxy) is 1. The zero-order valence-corrected chi connectivity index (χ0v) is 21.6. The van der Waals surface area contributed by atoms with Crippen LogP contribution in [0.1, 0.15) is 49.0 Å². The fourth-order valence-corrected chi connectivity index (χ4v) is 3.84. The number of hydrogen-bond acceptors (Lipinski definition) is 8. The zero-order valence-electron chi connectivity index (χ0n) is 20.1. The summed E-state index contributed by atoms with van der Waals surface area (Å²) in [6.45, 7) is 3.09. The van der Waals surface area contributed by atoms with E-state index in [1.807, 2.05) is 24.0 Å². The number of hydrogen-bond donors (Lipinski definition) is 3. The number of nitrogens with one attached hydrogen (secondary N) is 3. The van der Waals surface area contributed by atoms with Gasteiger partial charge in [-0.1, -0.05) is 36.2 Å². The van der Waals surface area contributed by atoms with E-state index < -0.39 is 0 Å². The summed E-state index contributed by atoms with van der Waals surface area (Å²) < 4.78 is 7.64. The van der Waals surface area contributed by atoms with Crippen LogP contribution >= 0.6 is 23.2 Å². The van der Waals surface area contributed by atoms with E-state index >= 15 is 0 Å². The summed E-state index contributed by atoms with van der Waals surface area (Å²) in [6.07, 6.45) is 10.1. The lowest BCUT2D eigenvalue weighted by atomic mass is 10.1. The molecule has 9 nitrogen and oxygen atoms in total. The Morgan fingerprint density at radius 3 is 2.54 bits per heavy atom. The van der Waals surface area contributed by atoms with Crippen molar-refractivity contribution >= 4 is 46.8 Å². The lowest BCUT2D eigenvalue weighted by Gasteiger charge is -2.14. The Labute approximate surface area is 215 Å². The molecule has 3 aromatic rings. The molecule has 0 amide bonds. The Balaban J connectivity index is 0.000000287. The smallest absolute Gasteiger partial charge is 0.230 e. The van der Waals surface area contributed by atoms with E-state index in [9.17, 15) is 4.79 Å². The average molecular weight is 520 g/mol. The molecule has 2 aromatic heterocycles. The number of halogens is 2. The maximum atomic E-state index is 11.1. The van der Waals surface area contributed by atoms with E-state index in [2.05, 4.69) is 37.9 Å². The first-order valence-corrected chi connectivity index (χ1v) is 12.3. The summed E-state index contributed by atoms with van der Waals surface area (Å²) in [5.41, 5.74) is 1.95. The van der Waals surface area contributed by atoms with Crippen molar-refractivity contribution in [2.75, 3.05) is 31.3 Å². The highest BCUT2D eigenvalue weighted by Gasteiger charge is 2.25. The standard InChI is InChI=1S/C17H24N6O2.C7H7Cl2N/c1-3-14(6-7-18-2)23-10-13(9-20-23)21-17-19-8-12(11-24)16(22-17)25-15-4-5-15;1-10-7-5(8)3-2-4-6(7)9/h8-11,14-15,18H,3-7H2,1-2H3,(H,19,21,22);2-4,10H,1H3. The van der Waals surface area contributed by atoms with Gasteiger partial charge in [-0.25, -0.2) is 4.98 Å². The molecule has 1 aliphatic rings. The molecule has 4 rings (SSSR count). The van der Waals surface area contributed by atoms with E-state index in [1.165, 1.54) is 6.20 Å². The minimum absolute atomic E-state index is 0.168. The zero-order chi connectivity index (χ0) is 25.2. The molecule has 0 radical (unpaired) electrons. The number of anilines is 3. The van der Waals surface area contributed by atoms with Gasteiger partial charge in [-0.3, -0.25) is 9.48 Å². The predicted molar refractivity (Wildman–Crippen MR) is 140 cm³/mol. The second-order valence-electron chi connectivity index (χ2n) is 8.02. The van der Waals surface area contributed by atoms with Crippen LogP contribution in [0.3, 0.4) is 0 Å². The normalized spacial score (nSPS) is 13.4. The average Bonchev–Trinajstić information content (AvgIpc) is 3.56. The molecular weight excluding hydrogens is 489 g/mol. The van der Waals surface area contributed by atoms with Crippen LogP contribution in [-0.4, -0.2) is 52.8 Å². The summed E-state index contributed by atoms with van der Waals surface area (Å²) in [5.74, 6) is 0.729. The van der Waals surface area contributed by atoms with Gasteiger partial charge >= 0.3 is 0 Å². The summed E-state index contributed by atoms with van der Waals surface area (Å²) >= 11 is 11.6. The molecule has 2 heterocycles. The van der Waals surface area contributed by atoms with Crippen LogP contribution in [-0.2, 0) is 0 Å². The van der Waals surface area contributed by atoms with Crippen LogP contribution in [0.4, 0.5) is 17.3 Å². The summed E-state index contributed by atoms with van der Waals surface area (Å²) in [4.78, 5) is 19.6. The van der Waals surface area contributed by atoms with Crippen molar-refractivity contribution in [3.8, 4) is 5.88 Å². The largest absolute Gasteiger partial charge is 0.474 e. The lowest BCUT2D eigenvalue weighted by Crippen LogP contribution is -2.16. The van der Waals surface area contributed by atoms with Gasteiger partial charge in [0.2, 0.25) is 11.8 Å². The molecule has 35 heavy (non-hydrogen) atoms. The highest BCUT2D eigenvalue weighted by atomic mass is 35.5. The van der Waals surface area contributed by atoms with Crippen LogP contribution < -0.4 is 20.7 Å². The van der Waals surface area contributed by atoms with Crippen LogP contribution in [0, 0.1) is 0 Å². The number of aldehydes is 1. The van der Waals surface area contributed by atoms with Crippen LogP contribution in [0.2, 0.25) is 10.0 Å². The Bertz CT molecular complexity index is 1080. The Morgan fingerprint density at radius 2 is 1.97 bits per heavy atom. The summed E-state index contributed by atoms with van der Waals surface area (Å²) in [5, 5.41) is 14.9. The fourth-order valence-electron chi connectivity index (χ4n) is 3.26. The molecule has 0 spiro atoms. The number of rotatable bonds is 11. The van der Waals surface area contributed by atoms with E-state index in [0.717, 1.165) is 43.6 Å². The van der Waals surface area contributed by atoms with E-state index in [4.69, 9.17) is 27.9 Å². The number of carbonyl (C=O) groups excluding carboxylic acids is 1. The number of benzene rings is 1. The first-order chi connectivity index (χ1) is 17.0. The Morgan fingerprint density at radius 1 is 1.23 bits per heavy atom. The van der Waals surface area contributed by atoms with Gasteiger partial charge in [0.05, 0.1) is 39.2 Å². The topological polar surface area (TPSA) is 106 Å². The second-order valence-corrected chi connectivity index (χ2v) is 8.84. The van der Waals surface area contributed by atoms with Crippen LogP contribution in [0.25, 0.3) is 0 Å². The third kappa shape index (κ3) is 7.81. The molecule has 0 bridgehead atoms. The number of para-hydroxylation sites is 1. The molecule has 0 saturated heterocycles. The minimum atomic E-state index is 0.168. The highest BCUT2D eigenvalue weighted by Crippen LogP contribution is 2.29. The number of aromatic nitrogens is 4. The molecule has 1 unspecified atom stereocenters. The van der Waals surface area contributed by atoms with Gasteiger partial charge in [0.15, 0.2) is 6.29 Å². The van der Waals surface area contributed by atoms with Gasteiger partial charge in [-0.15, -0.1) is 0 Å². The van der Waals surface area contributed by atoms with E-state index in [-0.39, 0.29) is 6.10 Å². The SMILES string of the molecule is CCC(CCNC)n1cc(Nc2ncc(C=O)c(OC3CC3)n2)cn1.CNc1c(Cl)cccc1Cl. The van der Waals surface area contributed by atoms with Crippen molar-refractivity contribution in [1.29, 1.82) is 0 Å². The molecule has 1 aromatic carbocycles. The molecule has 1 atom stereocenters. The fraction of sp³-hybridized carbons (Fsp3) is 0.417. The number of carbonyl (C=O) groups is 1. The highest BCUT2D eigenvalue weighted by molar-refractivity contribution is 6.39. The van der Waals surface area contributed by atoms with Gasteiger partial charge in [0.1, 0.15) is 6.10 Å². The van der Waals surface area contributed by atoms with Crippen LogP contribution in [0.15, 0.2) is 36.8 Å². The monoisotopic (exact) mass is 519 g/mol. The minimum Gasteiger partial charge on any atom is -0.474 e. The van der Waals surface area contributed by atoms with Crippen molar-refractivity contribution in [1.82, 2.24) is 25.1 Å². The third-order valence-electron chi connectivity index (χ3n) is 5.35. The second kappa shape index (κ2) is 13.3. The Hall–Kier alpha value is -2.88. The molecule has 1 fully saturated rings. The Kier molecular flexibility index (Phi) is 10.1. The van der Waals surface area contributed by atoms with Crippen molar-refractivity contribution in [2.45, 2.75) is 44.8 Å². The first kappa shape index (κ1) is 26.7. The maximum Gasteiger partial charge on any atom is 0.230 e. The van der Waals surface area contributed by atoms with E-state index in [1.54, 1.807) is 25.4 Å². The molecule has 3 N–H and O–H groups in total. The van der Waals surface area contributed by atoms with Gasteiger partial charge in [0, 0.05) is 19.4 Å². The van der Waals surface area contributed by atoms with Crippen molar-refractivity contribution in [2.24, 2.45) is 0 Å². The molecule has 0 aliphatic heterocycles. The molecule has 1 saturated carbocycles. The lowest BCUT2D eigenvalue weighted by molar-refractivity contribution is 0.111. The quantitative estimate of drug-likeness (QED) is 0.290. The van der Waals surface area contributed by atoms with Gasteiger partial charge in [-0.2, -0.15) is 10.1 Å². The van der Waals surface area contributed by atoms with Crippen molar-refractivity contribution in [3.63, 3.8) is 0 Å². The van der Waals surface area contributed by atoms with Gasteiger partial charge < -0.3 is 20.7 Å². The summed E-state index contributed by atoms with van der Waals surface area (Å²) in [7, 11) is 3.73. The van der Waals surface area contributed by atoms with Gasteiger partial charge in [0.25, 0.3) is 0 Å². The molecule has 11 heteroatoms.